The number of likely N-dealkylation sites (tertiary alicyclic amines) is 1. The van der Waals surface area contributed by atoms with Crippen LogP contribution in [0.15, 0.2) is 107 Å². The Morgan fingerprint density at radius 2 is 1.67 bits per heavy atom. The molecule has 4 aromatic carbocycles. The summed E-state index contributed by atoms with van der Waals surface area (Å²) in [6, 6.07) is 14.3. The second-order valence-corrected chi connectivity index (χ2v) is 12.9. The van der Waals surface area contributed by atoms with Crippen LogP contribution >= 0.6 is 11.8 Å². The van der Waals surface area contributed by atoms with E-state index in [0.717, 1.165) is 29.9 Å². The number of carbonyl (C=O) groups is 1. The van der Waals surface area contributed by atoms with E-state index in [9.17, 15) is 29.9 Å². The molecule has 0 aliphatic carbocycles. The van der Waals surface area contributed by atoms with Crippen molar-refractivity contribution < 1.29 is 43.8 Å². The molecule has 12 heteroatoms. The molecule has 2 heterocycles. The van der Waals surface area contributed by atoms with Crippen LogP contribution in [0.4, 0.5) is 22.0 Å². The first kappa shape index (κ1) is 27.1. The van der Waals surface area contributed by atoms with Crippen LogP contribution in [-0.2, 0) is 34.5 Å². The summed E-state index contributed by atoms with van der Waals surface area (Å²) in [5.74, 6) is -4.93. The zero-order chi connectivity index (χ0) is 44.8. The molecular weight excluding hydrogens is 698 g/mol. The van der Waals surface area contributed by atoms with E-state index in [1.54, 1.807) is 24.3 Å². The predicted molar refractivity (Wildman–Crippen MR) is 193 cm³/mol. The fourth-order valence-corrected chi connectivity index (χ4v) is 6.85. The highest BCUT2D eigenvalue weighted by molar-refractivity contribution is 7.98. The smallest absolute Gasteiger partial charge is 0.383 e. The lowest BCUT2D eigenvalue weighted by Gasteiger charge is -2.39. The van der Waals surface area contributed by atoms with Crippen LogP contribution in [0.2, 0.25) is 0 Å². The Bertz CT molecular complexity index is 2470. The molecule has 0 saturated carbocycles. The minimum Gasteiger partial charge on any atom is -0.383 e. The third-order valence-corrected chi connectivity index (χ3v) is 9.65. The number of para-hydroxylation sites is 1. The molecule has 52 heavy (non-hydrogen) atoms. The van der Waals surface area contributed by atoms with Gasteiger partial charge in [-0.1, -0.05) is 60.6 Å². The summed E-state index contributed by atoms with van der Waals surface area (Å²) >= 11 is 0.608. The summed E-state index contributed by atoms with van der Waals surface area (Å²) in [4.78, 5) is 30.8. The highest BCUT2D eigenvalue weighted by Gasteiger charge is 2.31. The molecule has 1 fully saturated rings. The van der Waals surface area contributed by atoms with Crippen molar-refractivity contribution in [2.24, 2.45) is 0 Å². The Morgan fingerprint density at radius 3 is 2.35 bits per heavy atom. The molecule has 6 nitrogen and oxygen atoms in total. The molecule has 1 aliphatic heterocycles. The minimum absolute atomic E-state index is 0.0160. The van der Waals surface area contributed by atoms with Gasteiger partial charge in [0.15, 0.2) is 17.1 Å². The Kier molecular flexibility index (Phi) is 8.58. The maximum absolute atomic E-state index is 15.1. The van der Waals surface area contributed by atoms with E-state index in [4.69, 9.17) is 14.3 Å². The molecule has 0 N–H and O–H groups in total. The monoisotopic (exact) mass is 744 g/mol. The van der Waals surface area contributed by atoms with Crippen LogP contribution in [0.25, 0.3) is 22.0 Å². The molecule has 6 rings (SSSR count). The van der Waals surface area contributed by atoms with Crippen molar-refractivity contribution in [3.05, 3.63) is 136 Å². The summed E-state index contributed by atoms with van der Waals surface area (Å²) in [5, 5.41) is -0.198. The van der Waals surface area contributed by atoms with Gasteiger partial charge in [0.05, 0.1) is 32.3 Å². The molecule has 5 aromatic rings. The van der Waals surface area contributed by atoms with Crippen molar-refractivity contribution in [1.29, 1.82) is 0 Å². The molecule has 0 radical (unpaired) electrons. The number of amides is 1. The Labute approximate surface area is 315 Å². The Hall–Kier alpha value is -4.52. The summed E-state index contributed by atoms with van der Waals surface area (Å²) in [7, 11) is 1.03. The highest BCUT2D eigenvalue weighted by Crippen LogP contribution is 2.32. The summed E-state index contributed by atoms with van der Waals surface area (Å²) in [6.45, 7) is -8.70. The van der Waals surface area contributed by atoms with Gasteiger partial charge in [-0.15, -0.1) is 11.8 Å². The average Bonchev–Trinajstić information content (AvgIpc) is 3.23. The number of benzene rings is 4. The summed E-state index contributed by atoms with van der Waals surface area (Å²) in [6.07, 6.45) is -4.42. The number of ether oxygens (including phenoxy) is 1. The second-order valence-electron chi connectivity index (χ2n) is 11.9. The number of methoxy groups -OCH3 is 1. The van der Waals surface area contributed by atoms with Crippen LogP contribution in [0.3, 0.4) is 0 Å². The largest absolute Gasteiger partial charge is 0.416 e. The average molecular weight is 745 g/mol. The fourth-order valence-electron chi connectivity index (χ4n) is 5.90. The van der Waals surface area contributed by atoms with Crippen molar-refractivity contribution in [2.45, 2.75) is 48.9 Å². The number of thioether (sulfide) groups is 1. The summed E-state index contributed by atoms with van der Waals surface area (Å²) < 4.78 is 151. The molecule has 0 spiro atoms. The van der Waals surface area contributed by atoms with Gasteiger partial charge in [-0.25, -0.2) is 8.78 Å². The van der Waals surface area contributed by atoms with Crippen molar-refractivity contribution in [2.75, 3.05) is 33.3 Å². The van der Waals surface area contributed by atoms with E-state index in [2.05, 4.69) is 0 Å². The Balaban J connectivity index is 1.39. The topological polar surface area (TPSA) is 54.8 Å². The van der Waals surface area contributed by atoms with E-state index in [0.29, 0.717) is 28.5 Å². The predicted octanol–water partition coefficient (Wildman–Crippen LogP) is 8.40. The van der Waals surface area contributed by atoms with Crippen LogP contribution in [0.5, 0.6) is 0 Å². The number of pyridine rings is 1. The number of alkyl halides is 3. The van der Waals surface area contributed by atoms with Gasteiger partial charge in [-0.3, -0.25) is 9.59 Å². The lowest BCUT2D eigenvalue weighted by atomic mass is 10.00. The number of hydrogen-bond acceptors (Lipinski definition) is 5. The number of piperidine rings is 1. The summed E-state index contributed by atoms with van der Waals surface area (Å²) in [5.41, 5.74) is -0.561. The third-order valence-electron chi connectivity index (χ3n) is 8.62. The molecule has 0 bridgehead atoms. The second kappa shape index (κ2) is 16.4. The standard InChI is InChI=1S/C40H38F5N3O3S/c1-51-22-21-46-19-17-32(18-20-46)47(24-27-9-11-28(12-10-27)29-13-15-31(16-14-29)40(43,44)45)37(50)25-48-35-8-3-2-6-33(35)36(49)23-38(48)52-26-30-5-4-7-34(41)39(30)42/h2-16,23,32H,17-22,24-26H2,1H3/i4D,5D,7D,21D2,22D2,25D2. The van der Waals surface area contributed by atoms with Crippen molar-refractivity contribution in [3.63, 3.8) is 0 Å². The molecular formula is C40H38F5N3O3S. The third kappa shape index (κ3) is 8.74. The van der Waals surface area contributed by atoms with Gasteiger partial charge in [-0.2, -0.15) is 13.2 Å². The normalized spacial score (nSPS) is 17.5. The van der Waals surface area contributed by atoms with Crippen molar-refractivity contribution in [3.8, 4) is 11.1 Å². The zero-order valence-electron chi connectivity index (χ0n) is 36.7. The first-order valence-corrected chi connectivity index (χ1v) is 17.1. The number of fused-ring (bicyclic) bond motifs is 1. The SMILES string of the molecule is [2H]c1c([2H])c(F)c(F)c(CSc2cc(=O)c3ccccc3n2C([2H])([2H])C(=O)N(Cc2ccc(-c3ccc(C(F)(F)F)cc3)cc2)C2CCN(C([2H])([2H])C([2H])([2H])OC)CC2)c1[2H]. The fraction of sp³-hybridized carbons (Fsp3) is 0.300. The number of nitrogens with zero attached hydrogens (tertiary/aromatic N) is 3. The van der Waals surface area contributed by atoms with E-state index in [1.807, 2.05) is 0 Å². The van der Waals surface area contributed by atoms with Crippen molar-refractivity contribution >= 4 is 28.6 Å². The van der Waals surface area contributed by atoms with E-state index < -0.39 is 89.7 Å². The van der Waals surface area contributed by atoms with Gasteiger partial charge in [0.2, 0.25) is 5.91 Å². The number of hydrogen-bond donors (Lipinski definition) is 0. The first-order valence-electron chi connectivity index (χ1n) is 20.6. The minimum atomic E-state index is -4.53. The lowest BCUT2D eigenvalue weighted by molar-refractivity contribution is -0.137. The van der Waals surface area contributed by atoms with E-state index in [1.165, 1.54) is 46.2 Å². The number of rotatable bonds is 12. The van der Waals surface area contributed by atoms with Crippen LogP contribution in [-0.4, -0.2) is 59.6 Å². The lowest BCUT2D eigenvalue weighted by Crippen LogP contribution is -2.48. The highest BCUT2D eigenvalue weighted by atomic mass is 32.2. The van der Waals surface area contributed by atoms with Crippen LogP contribution in [0, 0.1) is 11.6 Å². The number of halogens is 5. The number of carbonyl (C=O) groups excluding carboxylic acids is 1. The molecule has 1 saturated heterocycles. The Morgan fingerprint density at radius 1 is 1.00 bits per heavy atom. The quantitative estimate of drug-likeness (QED) is 0.0950. The molecule has 0 atom stereocenters. The van der Waals surface area contributed by atoms with Gasteiger partial charge < -0.3 is 19.1 Å². The maximum atomic E-state index is 15.1. The van der Waals surface area contributed by atoms with E-state index in [-0.39, 0.29) is 48.4 Å². The maximum Gasteiger partial charge on any atom is 0.416 e. The van der Waals surface area contributed by atoms with Crippen LogP contribution in [0.1, 0.15) is 41.9 Å². The number of aromatic nitrogens is 1. The molecule has 1 aliphatic rings. The van der Waals surface area contributed by atoms with Crippen LogP contribution < -0.4 is 5.43 Å². The van der Waals surface area contributed by atoms with Gasteiger partial charge in [-0.05, 0) is 59.8 Å². The van der Waals surface area contributed by atoms with E-state index >= 15 is 4.39 Å². The van der Waals surface area contributed by atoms with Gasteiger partial charge >= 0.3 is 6.18 Å². The van der Waals surface area contributed by atoms with Crippen molar-refractivity contribution in [1.82, 2.24) is 14.4 Å². The zero-order valence-corrected chi connectivity index (χ0v) is 28.5. The van der Waals surface area contributed by atoms with Gasteiger partial charge in [0.1, 0.15) is 6.50 Å². The molecule has 1 aromatic heterocycles. The molecule has 272 valence electrons. The van der Waals surface area contributed by atoms with Gasteiger partial charge in [0.25, 0.3) is 0 Å². The van der Waals surface area contributed by atoms with Gasteiger partial charge in [0, 0.05) is 64.8 Å². The molecule has 1 amide bonds. The molecule has 0 unspecified atom stereocenters. The first-order chi connectivity index (χ1) is 28.5.